The molecule has 1 aromatic heterocycles. The molecule has 1 amide bonds. The molecule has 1 heterocycles. The lowest BCUT2D eigenvalue weighted by atomic mass is 9.98. The molecule has 0 unspecified atom stereocenters. The van der Waals surface area contributed by atoms with Crippen LogP contribution in [0.5, 0.6) is 0 Å². The molecule has 1 N–H and O–H groups in total. The van der Waals surface area contributed by atoms with Gasteiger partial charge in [0.05, 0.1) is 16.8 Å². The Bertz CT molecular complexity index is 1180. The number of carbonyl (C=O) groups is 1. The Morgan fingerprint density at radius 2 is 1.67 bits per heavy atom. The van der Waals surface area contributed by atoms with Crippen molar-refractivity contribution in [2.45, 2.75) is 45.6 Å². The van der Waals surface area contributed by atoms with E-state index in [-0.39, 0.29) is 11.9 Å². The topological polar surface area (TPSA) is 42.0 Å². The van der Waals surface area contributed by atoms with Crippen LogP contribution in [0.15, 0.2) is 72.8 Å². The summed E-state index contributed by atoms with van der Waals surface area (Å²) >= 11 is 0. The molecule has 3 aromatic carbocycles. The second-order valence-corrected chi connectivity index (χ2v) is 7.97. The van der Waals surface area contributed by atoms with Crippen molar-refractivity contribution >= 4 is 27.6 Å². The number of unbranched alkanes of at least 4 members (excludes halogenated alkanes) is 2. The van der Waals surface area contributed by atoms with Crippen LogP contribution in [0.1, 0.15) is 49.9 Å². The second kappa shape index (κ2) is 9.08. The lowest BCUT2D eigenvalue weighted by Gasteiger charge is -2.16. The average Bonchev–Trinajstić information content (AvgIpc) is 2.78. The van der Waals surface area contributed by atoms with Gasteiger partial charge in [-0.05, 0) is 36.2 Å². The first kappa shape index (κ1) is 20.1. The fourth-order valence-corrected chi connectivity index (χ4v) is 4.02. The Morgan fingerprint density at radius 1 is 0.933 bits per heavy atom. The molecule has 4 rings (SSSR count). The molecule has 0 saturated heterocycles. The van der Waals surface area contributed by atoms with Crippen molar-refractivity contribution in [1.29, 1.82) is 0 Å². The fourth-order valence-electron chi connectivity index (χ4n) is 4.02. The number of rotatable bonds is 7. The number of aromatic nitrogens is 1. The van der Waals surface area contributed by atoms with Crippen molar-refractivity contribution in [2.24, 2.45) is 0 Å². The number of carbonyl (C=O) groups excluding carboxylic acids is 1. The summed E-state index contributed by atoms with van der Waals surface area (Å²) in [5, 5.41) is 6.39. The molecule has 0 aliphatic rings. The molecule has 0 fully saturated rings. The number of hydrogen-bond acceptors (Lipinski definition) is 2. The van der Waals surface area contributed by atoms with Crippen LogP contribution in [0.3, 0.4) is 0 Å². The third-order valence-electron chi connectivity index (χ3n) is 5.64. The van der Waals surface area contributed by atoms with Crippen LogP contribution in [0.2, 0.25) is 0 Å². The van der Waals surface area contributed by atoms with Crippen molar-refractivity contribution in [3.05, 3.63) is 78.4 Å². The van der Waals surface area contributed by atoms with E-state index in [9.17, 15) is 4.79 Å². The molecule has 30 heavy (non-hydrogen) atoms. The van der Waals surface area contributed by atoms with Crippen molar-refractivity contribution in [3.63, 3.8) is 0 Å². The standard InChI is InChI=1S/C27H28N2O/c1-3-4-5-11-19(2)28-27(30)24-18-26(29-25-17-9-8-15-23(24)25)22-16-10-13-20-12-6-7-14-21(20)22/h6-10,12-19H,3-5,11H2,1-2H3,(H,28,30)/t19-/m0/s1. The van der Waals surface area contributed by atoms with Gasteiger partial charge in [0.15, 0.2) is 0 Å². The van der Waals surface area contributed by atoms with E-state index in [0.717, 1.165) is 40.4 Å². The minimum absolute atomic E-state index is 0.0286. The first-order valence-electron chi connectivity index (χ1n) is 10.9. The lowest BCUT2D eigenvalue weighted by Crippen LogP contribution is -2.32. The van der Waals surface area contributed by atoms with E-state index in [2.05, 4.69) is 43.4 Å². The van der Waals surface area contributed by atoms with Crippen LogP contribution in [0.25, 0.3) is 32.9 Å². The van der Waals surface area contributed by atoms with Crippen molar-refractivity contribution in [3.8, 4) is 11.3 Å². The molecule has 0 saturated carbocycles. The highest BCUT2D eigenvalue weighted by molar-refractivity contribution is 6.08. The molecule has 3 nitrogen and oxygen atoms in total. The summed E-state index contributed by atoms with van der Waals surface area (Å²) in [4.78, 5) is 18.1. The predicted molar refractivity (Wildman–Crippen MR) is 126 cm³/mol. The van der Waals surface area contributed by atoms with Gasteiger partial charge in [-0.3, -0.25) is 4.79 Å². The zero-order valence-electron chi connectivity index (χ0n) is 17.7. The molecule has 0 aliphatic heterocycles. The average molecular weight is 397 g/mol. The molecule has 3 heteroatoms. The summed E-state index contributed by atoms with van der Waals surface area (Å²) < 4.78 is 0. The van der Waals surface area contributed by atoms with Crippen molar-refractivity contribution < 1.29 is 4.79 Å². The number of para-hydroxylation sites is 1. The Morgan fingerprint density at radius 3 is 2.50 bits per heavy atom. The highest BCUT2D eigenvalue weighted by Gasteiger charge is 2.16. The van der Waals surface area contributed by atoms with Gasteiger partial charge < -0.3 is 5.32 Å². The normalized spacial score (nSPS) is 12.2. The molecule has 152 valence electrons. The minimum atomic E-state index is -0.0286. The SMILES string of the molecule is CCCCC[C@H](C)NC(=O)c1cc(-c2cccc3ccccc23)nc2ccccc12. The van der Waals surface area contributed by atoms with Crippen molar-refractivity contribution in [2.75, 3.05) is 0 Å². The van der Waals surface area contributed by atoms with E-state index in [1.54, 1.807) is 0 Å². The summed E-state index contributed by atoms with van der Waals surface area (Å²) in [5.74, 6) is -0.0286. The summed E-state index contributed by atoms with van der Waals surface area (Å²) in [6.07, 6.45) is 4.52. The van der Waals surface area contributed by atoms with Crippen LogP contribution in [0.4, 0.5) is 0 Å². The molecular formula is C27H28N2O. The van der Waals surface area contributed by atoms with Gasteiger partial charge in [-0.1, -0.05) is 86.8 Å². The monoisotopic (exact) mass is 396 g/mol. The highest BCUT2D eigenvalue weighted by Crippen LogP contribution is 2.30. The van der Waals surface area contributed by atoms with Crippen molar-refractivity contribution in [1.82, 2.24) is 10.3 Å². The van der Waals surface area contributed by atoms with E-state index >= 15 is 0 Å². The molecule has 4 aromatic rings. The summed E-state index contributed by atoms with van der Waals surface area (Å²) in [6, 6.07) is 24.5. The van der Waals surface area contributed by atoms with E-state index in [0.29, 0.717) is 5.56 Å². The van der Waals surface area contributed by atoms with Gasteiger partial charge in [0.25, 0.3) is 5.91 Å². The van der Waals surface area contributed by atoms with Crippen LogP contribution in [0, 0.1) is 0 Å². The smallest absolute Gasteiger partial charge is 0.252 e. The second-order valence-electron chi connectivity index (χ2n) is 7.97. The Hall–Kier alpha value is -3.20. The zero-order valence-corrected chi connectivity index (χ0v) is 17.7. The number of hydrogen-bond donors (Lipinski definition) is 1. The molecular weight excluding hydrogens is 368 g/mol. The number of fused-ring (bicyclic) bond motifs is 2. The van der Waals surface area contributed by atoms with Gasteiger partial charge in [0.2, 0.25) is 0 Å². The molecule has 0 spiro atoms. The first-order valence-corrected chi connectivity index (χ1v) is 10.9. The van der Waals surface area contributed by atoms with Gasteiger partial charge in [0.1, 0.15) is 0 Å². The summed E-state index contributed by atoms with van der Waals surface area (Å²) in [5.41, 5.74) is 3.40. The maximum Gasteiger partial charge on any atom is 0.252 e. The van der Waals surface area contributed by atoms with Crippen LogP contribution >= 0.6 is 0 Å². The van der Waals surface area contributed by atoms with Crippen LogP contribution in [-0.4, -0.2) is 16.9 Å². The zero-order chi connectivity index (χ0) is 20.9. The largest absolute Gasteiger partial charge is 0.350 e. The number of pyridine rings is 1. The fraction of sp³-hybridized carbons (Fsp3) is 0.259. The molecule has 0 radical (unpaired) electrons. The van der Waals surface area contributed by atoms with E-state index in [1.165, 1.54) is 18.2 Å². The summed E-state index contributed by atoms with van der Waals surface area (Å²) in [6.45, 7) is 4.28. The minimum Gasteiger partial charge on any atom is -0.350 e. The van der Waals surface area contributed by atoms with Gasteiger partial charge in [-0.25, -0.2) is 4.98 Å². The Kier molecular flexibility index (Phi) is 6.08. The molecule has 1 atom stereocenters. The Labute approximate surface area is 178 Å². The lowest BCUT2D eigenvalue weighted by molar-refractivity contribution is 0.0939. The number of amides is 1. The van der Waals surface area contributed by atoms with Crippen LogP contribution < -0.4 is 5.32 Å². The van der Waals surface area contributed by atoms with Gasteiger partial charge in [-0.2, -0.15) is 0 Å². The maximum atomic E-state index is 13.2. The highest BCUT2D eigenvalue weighted by atomic mass is 16.1. The van der Waals surface area contributed by atoms with E-state index < -0.39 is 0 Å². The number of nitrogens with zero attached hydrogens (tertiary/aromatic N) is 1. The first-order chi connectivity index (χ1) is 14.7. The van der Waals surface area contributed by atoms with Gasteiger partial charge >= 0.3 is 0 Å². The summed E-state index contributed by atoms with van der Waals surface area (Å²) in [7, 11) is 0. The third-order valence-corrected chi connectivity index (χ3v) is 5.64. The third kappa shape index (κ3) is 4.20. The number of benzene rings is 3. The van der Waals surface area contributed by atoms with Gasteiger partial charge in [0, 0.05) is 17.0 Å². The quantitative estimate of drug-likeness (QED) is 0.351. The molecule has 0 bridgehead atoms. The van der Waals surface area contributed by atoms with E-state index in [1.807, 2.05) is 48.5 Å². The maximum absolute atomic E-state index is 13.2. The number of nitrogens with one attached hydrogen (secondary N) is 1. The molecule has 0 aliphatic carbocycles. The van der Waals surface area contributed by atoms with E-state index in [4.69, 9.17) is 4.98 Å². The predicted octanol–water partition coefficient (Wildman–Crippen LogP) is 6.75. The van der Waals surface area contributed by atoms with Gasteiger partial charge in [-0.15, -0.1) is 0 Å². The van der Waals surface area contributed by atoms with Crippen LogP contribution in [-0.2, 0) is 0 Å². The Balaban J connectivity index is 1.76.